The molecular weight excluding hydrogens is 274 g/mol. The lowest BCUT2D eigenvalue weighted by Gasteiger charge is -2.20. The van der Waals surface area contributed by atoms with E-state index in [9.17, 15) is 5.11 Å². The van der Waals surface area contributed by atoms with E-state index in [0.717, 1.165) is 17.1 Å². The Kier molecular flexibility index (Phi) is 6.80. The molecule has 1 heterocycles. The van der Waals surface area contributed by atoms with Crippen LogP contribution in [0.15, 0.2) is 24.3 Å². The first-order chi connectivity index (χ1) is 9.74. The van der Waals surface area contributed by atoms with Crippen LogP contribution in [0.5, 0.6) is 0 Å². The molecule has 4 heteroatoms. The van der Waals surface area contributed by atoms with Gasteiger partial charge in [-0.15, -0.1) is 0 Å². The Morgan fingerprint density at radius 1 is 1.10 bits per heavy atom. The van der Waals surface area contributed by atoms with Crippen LogP contribution in [0.2, 0.25) is 5.02 Å². The maximum atomic E-state index is 10.0. The number of quaternary nitrogens is 1. The lowest BCUT2D eigenvalue weighted by molar-refractivity contribution is -0.902. The molecule has 0 spiro atoms. The van der Waals surface area contributed by atoms with Crippen LogP contribution in [0.1, 0.15) is 31.2 Å². The number of halogens is 1. The van der Waals surface area contributed by atoms with E-state index in [4.69, 9.17) is 16.3 Å². The first-order valence-corrected chi connectivity index (χ1v) is 7.95. The Bertz CT molecular complexity index is 375. The van der Waals surface area contributed by atoms with E-state index >= 15 is 0 Å². The molecule has 0 amide bonds. The summed E-state index contributed by atoms with van der Waals surface area (Å²) >= 11 is 5.83. The number of rotatable bonds is 6. The highest BCUT2D eigenvalue weighted by Gasteiger charge is 2.16. The second kappa shape index (κ2) is 8.63. The van der Waals surface area contributed by atoms with Crippen LogP contribution < -0.4 is 4.90 Å². The SMILES string of the molecule is O[C@H](COCc1ccc(Cl)cc1)C[NH+]1CCCCCC1. The molecular formula is C16H25ClNO2+. The van der Waals surface area contributed by atoms with Crippen molar-refractivity contribution >= 4 is 11.6 Å². The smallest absolute Gasteiger partial charge is 0.126 e. The molecule has 0 radical (unpaired) electrons. The Hall–Kier alpha value is -0.610. The van der Waals surface area contributed by atoms with Gasteiger partial charge in [-0.1, -0.05) is 23.7 Å². The third-order valence-electron chi connectivity index (χ3n) is 3.83. The lowest BCUT2D eigenvalue weighted by atomic mass is 10.2. The molecule has 112 valence electrons. The summed E-state index contributed by atoms with van der Waals surface area (Å²) in [6, 6.07) is 7.62. The van der Waals surface area contributed by atoms with Gasteiger partial charge in [0.05, 0.1) is 26.3 Å². The molecule has 20 heavy (non-hydrogen) atoms. The van der Waals surface area contributed by atoms with Gasteiger partial charge in [0, 0.05) is 5.02 Å². The zero-order chi connectivity index (χ0) is 14.2. The Balaban J connectivity index is 1.64. The van der Waals surface area contributed by atoms with Crippen LogP contribution in [0.3, 0.4) is 0 Å². The molecule has 1 saturated heterocycles. The zero-order valence-corrected chi connectivity index (χ0v) is 12.7. The van der Waals surface area contributed by atoms with Gasteiger partial charge >= 0.3 is 0 Å². The predicted octanol–water partition coefficient (Wildman–Crippen LogP) is 1.68. The summed E-state index contributed by atoms with van der Waals surface area (Å²) in [5.41, 5.74) is 1.09. The van der Waals surface area contributed by atoms with Gasteiger partial charge < -0.3 is 14.7 Å². The summed E-state index contributed by atoms with van der Waals surface area (Å²) in [5.74, 6) is 0. The van der Waals surface area contributed by atoms with Crippen molar-refractivity contribution in [3.8, 4) is 0 Å². The van der Waals surface area contributed by atoms with Crippen LogP contribution in [0.25, 0.3) is 0 Å². The van der Waals surface area contributed by atoms with E-state index in [2.05, 4.69) is 0 Å². The number of aliphatic hydroxyl groups excluding tert-OH is 1. The molecule has 0 unspecified atom stereocenters. The first kappa shape index (κ1) is 15.8. The maximum Gasteiger partial charge on any atom is 0.126 e. The standard InChI is InChI=1S/C16H24ClNO2/c17-15-7-5-14(6-8-15)12-20-13-16(19)11-18-9-3-1-2-4-10-18/h5-8,16,19H,1-4,9-13H2/p+1/t16-/m0/s1. The van der Waals surface area contributed by atoms with Gasteiger partial charge in [-0.25, -0.2) is 0 Å². The second-order valence-corrected chi connectivity index (χ2v) is 6.10. The Morgan fingerprint density at radius 2 is 1.75 bits per heavy atom. The van der Waals surface area contributed by atoms with E-state index in [1.165, 1.54) is 43.7 Å². The second-order valence-electron chi connectivity index (χ2n) is 5.66. The van der Waals surface area contributed by atoms with Crippen molar-refractivity contribution in [2.45, 2.75) is 38.4 Å². The van der Waals surface area contributed by atoms with Crippen molar-refractivity contribution in [3.05, 3.63) is 34.9 Å². The molecule has 0 saturated carbocycles. The number of hydrogen-bond acceptors (Lipinski definition) is 2. The summed E-state index contributed by atoms with van der Waals surface area (Å²) in [5, 5.41) is 10.8. The van der Waals surface area contributed by atoms with Gasteiger partial charge in [0.15, 0.2) is 0 Å². The minimum absolute atomic E-state index is 0.365. The highest BCUT2D eigenvalue weighted by atomic mass is 35.5. The van der Waals surface area contributed by atoms with E-state index in [1.807, 2.05) is 24.3 Å². The largest absolute Gasteiger partial charge is 0.385 e. The van der Waals surface area contributed by atoms with Crippen LogP contribution in [0.4, 0.5) is 0 Å². The maximum absolute atomic E-state index is 10.0. The summed E-state index contributed by atoms with van der Waals surface area (Å²) < 4.78 is 5.59. The summed E-state index contributed by atoms with van der Waals surface area (Å²) in [6.45, 7) is 4.12. The fraction of sp³-hybridized carbons (Fsp3) is 0.625. The van der Waals surface area contributed by atoms with Crippen molar-refractivity contribution in [2.24, 2.45) is 0 Å². The van der Waals surface area contributed by atoms with Gasteiger partial charge in [-0.05, 0) is 43.4 Å². The topological polar surface area (TPSA) is 33.9 Å². The van der Waals surface area contributed by atoms with Crippen LogP contribution >= 0.6 is 11.6 Å². The molecule has 1 aliphatic rings. The van der Waals surface area contributed by atoms with Crippen molar-refractivity contribution in [2.75, 3.05) is 26.2 Å². The molecule has 1 aromatic carbocycles. The van der Waals surface area contributed by atoms with Gasteiger partial charge in [-0.3, -0.25) is 0 Å². The highest BCUT2D eigenvalue weighted by Crippen LogP contribution is 2.10. The minimum Gasteiger partial charge on any atom is -0.385 e. The predicted molar refractivity (Wildman–Crippen MR) is 81.1 cm³/mol. The van der Waals surface area contributed by atoms with Crippen LogP contribution in [-0.4, -0.2) is 37.5 Å². The van der Waals surface area contributed by atoms with E-state index in [0.29, 0.717) is 13.2 Å². The molecule has 1 atom stereocenters. The molecule has 0 bridgehead atoms. The number of hydrogen-bond donors (Lipinski definition) is 2. The molecule has 0 aromatic heterocycles. The normalized spacial score (nSPS) is 18.7. The number of nitrogens with one attached hydrogen (secondary N) is 1. The highest BCUT2D eigenvalue weighted by molar-refractivity contribution is 6.30. The molecule has 1 aromatic rings. The summed E-state index contributed by atoms with van der Waals surface area (Å²) in [6.07, 6.45) is 4.89. The van der Waals surface area contributed by atoms with Gasteiger partial charge in [0.2, 0.25) is 0 Å². The molecule has 1 aliphatic heterocycles. The van der Waals surface area contributed by atoms with Crippen molar-refractivity contribution in [1.29, 1.82) is 0 Å². The Morgan fingerprint density at radius 3 is 2.40 bits per heavy atom. The van der Waals surface area contributed by atoms with Crippen LogP contribution in [-0.2, 0) is 11.3 Å². The number of aliphatic hydroxyl groups is 1. The third kappa shape index (κ3) is 5.80. The minimum atomic E-state index is -0.365. The number of ether oxygens (including phenoxy) is 1. The molecule has 0 aliphatic carbocycles. The molecule has 1 fully saturated rings. The van der Waals surface area contributed by atoms with Crippen LogP contribution in [0, 0.1) is 0 Å². The average molecular weight is 299 g/mol. The van der Waals surface area contributed by atoms with Crippen molar-refractivity contribution in [1.82, 2.24) is 0 Å². The van der Waals surface area contributed by atoms with E-state index < -0.39 is 0 Å². The molecule has 3 nitrogen and oxygen atoms in total. The number of likely N-dealkylation sites (tertiary alicyclic amines) is 1. The summed E-state index contributed by atoms with van der Waals surface area (Å²) in [7, 11) is 0. The Labute approximate surface area is 126 Å². The van der Waals surface area contributed by atoms with Gasteiger partial charge in [0.1, 0.15) is 12.6 Å². The fourth-order valence-corrected chi connectivity index (χ4v) is 2.84. The molecule has 2 N–H and O–H groups in total. The summed E-state index contributed by atoms with van der Waals surface area (Å²) in [4.78, 5) is 1.52. The third-order valence-corrected chi connectivity index (χ3v) is 4.08. The fourth-order valence-electron chi connectivity index (χ4n) is 2.72. The first-order valence-electron chi connectivity index (χ1n) is 7.58. The van der Waals surface area contributed by atoms with Crippen molar-refractivity contribution < 1.29 is 14.7 Å². The number of benzene rings is 1. The van der Waals surface area contributed by atoms with Crippen molar-refractivity contribution in [3.63, 3.8) is 0 Å². The molecule has 2 rings (SSSR count). The zero-order valence-electron chi connectivity index (χ0n) is 12.0. The quantitative estimate of drug-likeness (QED) is 0.838. The lowest BCUT2D eigenvalue weighted by Crippen LogP contribution is -3.13. The monoisotopic (exact) mass is 298 g/mol. The van der Waals surface area contributed by atoms with E-state index in [1.54, 1.807) is 0 Å². The average Bonchev–Trinajstić information content (AvgIpc) is 2.70. The van der Waals surface area contributed by atoms with Gasteiger partial charge in [-0.2, -0.15) is 0 Å². The van der Waals surface area contributed by atoms with Gasteiger partial charge in [0.25, 0.3) is 0 Å². The van der Waals surface area contributed by atoms with E-state index in [-0.39, 0.29) is 6.10 Å².